The Balaban J connectivity index is 2.66. The van der Waals surface area contributed by atoms with Gasteiger partial charge in [0.05, 0.1) is 11.0 Å². The summed E-state index contributed by atoms with van der Waals surface area (Å²) in [7, 11) is 0. The fourth-order valence-corrected chi connectivity index (χ4v) is 1.52. The van der Waals surface area contributed by atoms with E-state index in [1.807, 2.05) is 24.3 Å². The molecule has 5 nitrogen and oxygen atoms in total. The van der Waals surface area contributed by atoms with Crippen LogP contribution in [0.25, 0.3) is 22.1 Å². The lowest BCUT2D eigenvalue weighted by molar-refractivity contribution is 1.09. The summed E-state index contributed by atoms with van der Waals surface area (Å²) in [6.45, 7) is 0. The monoisotopic (exact) mass is 186 g/mol. The Bertz CT molecular complexity index is 667. The lowest BCUT2D eigenvalue weighted by atomic mass is 10.2. The van der Waals surface area contributed by atoms with Gasteiger partial charge in [0.15, 0.2) is 5.65 Å². The van der Waals surface area contributed by atoms with Gasteiger partial charge in [-0.2, -0.15) is 0 Å². The van der Waals surface area contributed by atoms with Crippen LogP contribution in [0.5, 0.6) is 0 Å². The van der Waals surface area contributed by atoms with Gasteiger partial charge in [-0.25, -0.2) is 4.79 Å². The van der Waals surface area contributed by atoms with Crippen LogP contribution in [0.1, 0.15) is 0 Å². The number of hydrogen-bond acceptors (Lipinski definition) is 3. The molecule has 0 spiro atoms. The third kappa shape index (κ3) is 0.861. The summed E-state index contributed by atoms with van der Waals surface area (Å²) in [6.07, 6.45) is 0. The van der Waals surface area contributed by atoms with Gasteiger partial charge in [0.25, 0.3) is 0 Å². The minimum Gasteiger partial charge on any atom is -0.304 e. The standard InChI is InChI=1S/C9H6N4O/c14-9-10-7-5-3-1-2-4-6(5)12-13-8(7)11-9/h1-4H,(H2,10,11,13,14). The summed E-state index contributed by atoms with van der Waals surface area (Å²) < 4.78 is 0. The normalized spacial score (nSPS) is 11.1. The van der Waals surface area contributed by atoms with Crippen LogP contribution in [0.4, 0.5) is 0 Å². The van der Waals surface area contributed by atoms with E-state index in [0.717, 1.165) is 10.9 Å². The molecule has 5 heteroatoms. The van der Waals surface area contributed by atoms with E-state index in [2.05, 4.69) is 20.2 Å². The zero-order valence-electron chi connectivity index (χ0n) is 7.11. The maximum Gasteiger partial charge on any atom is 0.325 e. The summed E-state index contributed by atoms with van der Waals surface area (Å²) >= 11 is 0. The van der Waals surface area contributed by atoms with Crippen molar-refractivity contribution >= 4 is 22.1 Å². The van der Waals surface area contributed by atoms with Gasteiger partial charge < -0.3 is 4.98 Å². The van der Waals surface area contributed by atoms with Crippen LogP contribution in [-0.2, 0) is 0 Å². The summed E-state index contributed by atoms with van der Waals surface area (Å²) in [5, 5.41) is 8.77. The van der Waals surface area contributed by atoms with Crippen LogP contribution in [0.2, 0.25) is 0 Å². The molecule has 0 unspecified atom stereocenters. The SMILES string of the molecule is O=c1[nH]c2nnc3ccccc3c2[nH]1. The van der Waals surface area contributed by atoms with E-state index in [-0.39, 0.29) is 5.69 Å². The van der Waals surface area contributed by atoms with Crippen molar-refractivity contribution < 1.29 is 0 Å². The molecular formula is C9H6N4O. The van der Waals surface area contributed by atoms with Crippen molar-refractivity contribution in [2.75, 3.05) is 0 Å². The molecule has 0 saturated heterocycles. The first-order chi connectivity index (χ1) is 6.84. The molecule has 1 aromatic carbocycles. The fourth-order valence-electron chi connectivity index (χ4n) is 1.52. The Morgan fingerprint density at radius 3 is 2.86 bits per heavy atom. The second-order valence-electron chi connectivity index (χ2n) is 3.02. The van der Waals surface area contributed by atoms with E-state index < -0.39 is 0 Å². The maximum atomic E-state index is 11.1. The van der Waals surface area contributed by atoms with Crippen LogP contribution < -0.4 is 5.69 Å². The number of rotatable bonds is 0. The summed E-state index contributed by atoms with van der Waals surface area (Å²) in [5.41, 5.74) is 1.72. The second-order valence-corrected chi connectivity index (χ2v) is 3.02. The number of nitrogens with one attached hydrogen (secondary N) is 2. The van der Waals surface area contributed by atoms with Crippen molar-refractivity contribution in [3.05, 3.63) is 34.7 Å². The number of nitrogens with zero attached hydrogens (tertiary/aromatic N) is 2. The molecule has 2 aromatic heterocycles. The van der Waals surface area contributed by atoms with E-state index in [4.69, 9.17) is 0 Å². The highest BCUT2D eigenvalue weighted by atomic mass is 16.1. The van der Waals surface area contributed by atoms with Crippen molar-refractivity contribution in [3.8, 4) is 0 Å². The highest BCUT2D eigenvalue weighted by Gasteiger charge is 2.04. The van der Waals surface area contributed by atoms with Crippen LogP contribution in [0.3, 0.4) is 0 Å². The molecule has 0 atom stereocenters. The molecule has 0 aliphatic rings. The van der Waals surface area contributed by atoms with Gasteiger partial charge in [-0.3, -0.25) is 4.98 Å². The molecule has 2 N–H and O–H groups in total. The number of aromatic nitrogens is 4. The molecule has 0 bridgehead atoms. The smallest absolute Gasteiger partial charge is 0.304 e. The van der Waals surface area contributed by atoms with Gasteiger partial charge in [-0.15, -0.1) is 10.2 Å². The molecule has 0 fully saturated rings. The number of hydrogen-bond donors (Lipinski definition) is 2. The number of aromatic amines is 2. The first kappa shape index (κ1) is 7.25. The number of H-pyrrole nitrogens is 2. The molecule has 2 heterocycles. The van der Waals surface area contributed by atoms with Gasteiger partial charge >= 0.3 is 5.69 Å². The van der Waals surface area contributed by atoms with Gasteiger partial charge in [-0.05, 0) is 6.07 Å². The third-order valence-corrected chi connectivity index (χ3v) is 2.14. The van der Waals surface area contributed by atoms with Gasteiger partial charge in [-0.1, -0.05) is 18.2 Å². The number of fused-ring (bicyclic) bond motifs is 3. The van der Waals surface area contributed by atoms with Crippen LogP contribution in [-0.4, -0.2) is 20.2 Å². The topological polar surface area (TPSA) is 74.4 Å². The average molecular weight is 186 g/mol. The van der Waals surface area contributed by atoms with Gasteiger partial charge in [0, 0.05) is 5.39 Å². The van der Waals surface area contributed by atoms with Crippen molar-refractivity contribution in [2.45, 2.75) is 0 Å². The van der Waals surface area contributed by atoms with Crippen LogP contribution in [0.15, 0.2) is 29.1 Å². The zero-order chi connectivity index (χ0) is 9.54. The Morgan fingerprint density at radius 2 is 1.93 bits per heavy atom. The van der Waals surface area contributed by atoms with Gasteiger partial charge in [0.1, 0.15) is 0 Å². The van der Waals surface area contributed by atoms with Crippen molar-refractivity contribution in [2.24, 2.45) is 0 Å². The zero-order valence-corrected chi connectivity index (χ0v) is 7.11. The Morgan fingerprint density at radius 1 is 1.07 bits per heavy atom. The van der Waals surface area contributed by atoms with E-state index >= 15 is 0 Å². The molecule has 0 saturated carbocycles. The number of benzene rings is 1. The van der Waals surface area contributed by atoms with E-state index in [0.29, 0.717) is 11.2 Å². The summed E-state index contributed by atoms with van der Waals surface area (Å²) in [6, 6.07) is 7.53. The third-order valence-electron chi connectivity index (χ3n) is 2.14. The van der Waals surface area contributed by atoms with Gasteiger partial charge in [0.2, 0.25) is 0 Å². The predicted octanol–water partition coefficient (Wildman–Crippen LogP) is 0.799. The first-order valence-corrected chi connectivity index (χ1v) is 4.18. The maximum absolute atomic E-state index is 11.1. The van der Waals surface area contributed by atoms with Crippen molar-refractivity contribution in [1.82, 2.24) is 20.2 Å². The quantitative estimate of drug-likeness (QED) is 0.545. The largest absolute Gasteiger partial charge is 0.325 e. The molecule has 3 aromatic rings. The summed E-state index contributed by atoms with van der Waals surface area (Å²) in [5.74, 6) is 0. The molecule has 0 radical (unpaired) electrons. The average Bonchev–Trinajstić information content (AvgIpc) is 2.59. The Hall–Kier alpha value is -2.17. The highest BCUT2D eigenvalue weighted by Crippen LogP contribution is 2.16. The van der Waals surface area contributed by atoms with Crippen LogP contribution >= 0.6 is 0 Å². The minimum absolute atomic E-state index is 0.259. The van der Waals surface area contributed by atoms with E-state index in [1.54, 1.807) is 0 Å². The minimum atomic E-state index is -0.259. The Labute approximate surface area is 77.8 Å². The molecule has 0 amide bonds. The molecule has 68 valence electrons. The molecule has 14 heavy (non-hydrogen) atoms. The van der Waals surface area contributed by atoms with Crippen molar-refractivity contribution in [3.63, 3.8) is 0 Å². The predicted molar refractivity (Wildman–Crippen MR) is 52.0 cm³/mol. The Kier molecular flexibility index (Phi) is 1.25. The molecule has 0 aliphatic carbocycles. The first-order valence-electron chi connectivity index (χ1n) is 4.18. The summed E-state index contributed by atoms with van der Waals surface area (Å²) in [4.78, 5) is 16.3. The van der Waals surface area contributed by atoms with E-state index in [9.17, 15) is 4.79 Å². The highest BCUT2D eigenvalue weighted by molar-refractivity contribution is 5.99. The molecule has 0 aliphatic heterocycles. The lowest BCUT2D eigenvalue weighted by Crippen LogP contribution is -1.99. The van der Waals surface area contributed by atoms with Crippen molar-refractivity contribution in [1.29, 1.82) is 0 Å². The van der Waals surface area contributed by atoms with E-state index in [1.165, 1.54) is 0 Å². The fraction of sp³-hybridized carbons (Fsp3) is 0. The lowest BCUT2D eigenvalue weighted by Gasteiger charge is -1.94. The number of imidazole rings is 1. The van der Waals surface area contributed by atoms with Crippen LogP contribution in [0, 0.1) is 0 Å². The molecule has 3 rings (SSSR count). The second kappa shape index (κ2) is 2.41. The molecular weight excluding hydrogens is 180 g/mol.